The van der Waals surface area contributed by atoms with E-state index in [-0.39, 0.29) is 5.75 Å². The fourth-order valence-corrected chi connectivity index (χ4v) is 1.15. The van der Waals surface area contributed by atoms with Crippen molar-refractivity contribution in [2.75, 3.05) is 11.2 Å². The summed E-state index contributed by atoms with van der Waals surface area (Å²) in [5, 5.41) is 8.69. The van der Waals surface area contributed by atoms with E-state index < -0.39 is 12.0 Å². The lowest BCUT2D eigenvalue weighted by Crippen LogP contribution is -2.49. The Bertz CT molecular complexity index is 307. The molecule has 0 radical (unpaired) electrons. The standard InChI is InChI=1S/C9H13N3O2S/c13-9(14)8(6-15)11-12-10-7-4-2-1-3-5-7/h1-5,8,10-12,15H,6H2,(H,13,14)/t8-/m0/s1. The smallest absolute Gasteiger partial charge is 0.322 e. The molecular formula is C9H13N3O2S. The van der Waals surface area contributed by atoms with Crippen LogP contribution in [0.2, 0.25) is 0 Å². The van der Waals surface area contributed by atoms with Crippen molar-refractivity contribution in [2.24, 2.45) is 0 Å². The van der Waals surface area contributed by atoms with Crippen molar-refractivity contribution in [3.8, 4) is 0 Å². The van der Waals surface area contributed by atoms with Crippen LogP contribution in [0.15, 0.2) is 30.3 Å². The average Bonchev–Trinajstić information content (AvgIpc) is 2.25. The predicted octanol–water partition coefficient (Wildman–Crippen LogP) is 0.491. The number of hydrogen-bond acceptors (Lipinski definition) is 5. The zero-order valence-electron chi connectivity index (χ0n) is 7.97. The summed E-state index contributed by atoms with van der Waals surface area (Å²) < 4.78 is 0. The molecule has 4 N–H and O–H groups in total. The highest BCUT2D eigenvalue weighted by atomic mass is 32.1. The third kappa shape index (κ3) is 4.20. The summed E-state index contributed by atoms with van der Waals surface area (Å²) in [6.07, 6.45) is 0. The van der Waals surface area contributed by atoms with Crippen LogP contribution >= 0.6 is 12.6 Å². The summed E-state index contributed by atoms with van der Waals surface area (Å²) in [4.78, 5) is 10.6. The van der Waals surface area contributed by atoms with E-state index in [2.05, 4.69) is 29.0 Å². The minimum atomic E-state index is -0.952. The summed E-state index contributed by atoms with van der Waals surface area (Å²) in [5.74, 6) is -0.744. The first kappa shape index (κ1) is 11.8. The van der Waals surface area contributed by atoms with Crippen molar-refractivity contribution >= 4 is 24.3 Å². The molecule has 15 heavy (non-hydrogen) atoms. The third-order valence-corrected chi connectivity index (χ3v) is 2.07. The zero-order valence-corrected chi connectivity index (χ0v) is 8.87. The molecule has 0 bridgehead atoms. The van der Waals surface area contributed by atoms with Crippen molar-refractivity contribution in [1.82, 2.24) is 11.0 Å². The molecule has 0 unspecified atom stereocenters. The van der Waals surface area contributed by atoms with Gasteiger partial charge in [0, 0.05) is 5.75 Å². The summed E-state index contributed by atoms with van der Waals surface area (Å²) in [5.41, 5.74) is 8.83. The van der Waals surface area contributed by atoms with E-state index in [0.717, 1.165) is 5.69 Å². The topological polar surface area (TPSA) is 73.4 Å². The van der Waals surface area contributed by atoms with Crippen molar-refractivity contribution in [2.45, 2.75) is 6.04 Å². The number of para-hydroxylation sites is 1. The van der Waals surface area contributed by atoms with Crippen LogP contribution in [0.5, 0.6) is 0 Å². The monoisotopic (exact) mass is 227 g/mol. The van der Waals surface area contributed by atoms with Gasteiger partial charge < -0.3 is 10.5 Å². The highest BCUT2D eigenvalue weighted by Crippen LogP contribution is 2.01. The number of carboxylic acid groups (broad SMARTS) is 1. The molecule has 0 saturated carbocycles. The van der Waals surface area contributed by atoms with E-state index >= 15 is 0 Å². The lowest BCUT2D eigenvalue weighted by molar-refractivity contribution is -0.139. The molecule has 1 aromatic carbocycles. The lowest BCUT2D eigenvalue weighted by atomic mass is 10.3. The summed E-state index contributed by atoms with van der Waals surface area (Å²) >= 11 is 3.90. The van der Waals surface area contributed by atoms with E-state index in [0.29, 0.717) is 0 Å². The Hall–Kier alpha value is -1.24. The Kier molecular flexibility index (Phi) is 4.96. The van der Waals surface area contributed by atoms with Gasteiger partial charge in [-0.3, -0.25) is 4.79 Å². The lowest BCUT2D eigenvalue weighted by Gasteiger charge is -2.14. The maximum Gasteiger partial charge on any atom is 0.322 e. The molecule has 0 heterocycles. The predicted molar refractivity (Wildman–Crippen MR) is 61.6 cm³/mol. The number of carbonyl (C=O) groups is 1. The van der Waals surface area contributed by atoms with Gasteiger partial charge in [0.05, 0.1) is 5.69 Å². The van der Waals surface area contributed by atoms with Crippen LogP contribution in [-0.4, -0.2) is 22.9 Å². The number of benzene rings is 1. The van der Waals surface area contributed by atoms with E-state index in [4.69, 9.17) is 5.11 Å². The number of carboxylic acids is 1. The normalized spacial score (nSPS) is 12.1. The Balaban J connectivity index is 2.30. The highest BCUT2D eigenvalue weighted by Gasteiger charge is 2.13. The molecule has 0 amide bonds. The molecule has 0 aliphatic carbocycles. The first-order chi connectivity index (χ1) is 7.24. The quantitative estimate of drug-likeness (QED) is 0.361. The molecule has 1 aromatic rings. The molecule has 1 atom stereocenters. The molecule has 5 nitrogen and oxygen atoms in total. The summed E-state index contributed by atoms with van der Waals surface area (Å²) in [6.45, 7) is 0. The number of rotatable bonds is 6. The second-order valence-corrected chi connectivity index (χ2v) is 3.20. The van der Waals surface area contributed by atoms with E-state index in [1.54, 1.807) is 0 Å². The van der Waals surface area contributed by atoms with Gasteiger partial charge in [0.2, 0.25) is 0 Å². The third-order valence-electron chi connectivity index (χ3n) is 1.71. The SMILES string of the molecule is O=C(O)[C@H](CS)NNNc1ccccc1. The number of thiol groups is 1. The zero-order chi connectivity index (χ0) is 11.1. The highest BCUT2D eigenvalue weighted by molar-refractivity contribution is 7.80. The molecular weight excluding hydrogens is 214 g/mol. The minimum Gasteiger partial charge on any atom is -0.480 e. The molecule has 0 aromatic heterocycles. The molecule has 1 rings (SSSR count). The van der Waals surface area contributed by atoms with Gasteiger partial charge in [0.15, 0.2) is 0 Å². The maximum atomic E-state index is 10.6. The fraction of sp³-hybridized carbons (Fsp3) is 0.222. The molecule has 6 heteroatoms. The van der Waals surface area contributed by atoms with Crippen molar-refractivity contribution in [1.29, 1.82) is 0 Å². The van der Waals surface area contributed by atoms with Crippen molar-refractivity contribution in [3.05, 3.63) is 30.3 Å². The Labute approximate surface area is 93.2 Å². The Morgan fingerprint density at radius 3 is 2.60 bits per heavy atom. The molecule has 0 aliphatic heterocycles. The fourth-order valence-electron chi connectivity index (χ4n) is 0.902. The van der Waals surface area contributed by atoms with Crippen LogP contribution in [0.3, 0.4) is 0 Å². The van der Waals surface area contributed by atoms with Crippen molar-refractivity contribution < 1.29 is 9.90 Å². The minimum absolute atomic E-state index is 0.207. The van der Waals surface area contributed by atoms with Crippen LogP contribution in [0.25, 0.3) is 0 Å². The molecule has 82 valence electrons. The van der Waals surface area contributed by atoms with Gasteiger partial charge in [-0.25, -0.2) is 5.43 Å². The second kappa shape index (κ2) is 6.28. The van der Waals surface area contributed by atoms with E-state index in [1.165, 1.54) is 0 Å². The van der Waals surface area contributed by atoms with Gasteiger partial charge in [-0.05, 0) is 12.1 Å². The van der Waals surface area contributed by atoms with Crippen LogP contribution in [0, 0.1) is 0 Å². The van der Waals surface area contributed by atoms with Gasteiger partial charge in [0.1, 0.15) is 6.04 Å². The van der Waals surface area contributed by atoms with Gasteiger partial charge in [0.25, 0.3) is 0 Å². The van der Waals surface area contributed by atoms with E-state index in [9.17, 15) is 4.79 Å². The number of hydrazine groups is 2. The number of anilines is 1. The maximum absolute atomic E-state index is 10.6. The first-order valence-corrected chi connectivity index (χ1v) is 5.02. The summed E-state index contributed by atoms with van der Waals surface area (Å²) in [6, 6.07) is 8.61. The molecule has 0 spiro atoms. The molecule has 0 fully saturated rings. The molecule has 0 saturated heterocycles. The number of nitrogens with one attached hydrogen (secondary N) is 3. The number of hydrogen-bond donors (Lipinski definition) is 5. The van der Waals surface area contributed by atoms with Crippen LogP contribution in [-0.2, 0) is 4.79 Å². The van der Waals surface area contributed by atoms with Crippen molar-refractivity contribution in [3.63, 3.8) is 0 Å². The van der Waals surface area contributed by atoms with Gasteiger partial charge in [-0.2, -0.15) is 18.2 Å². The summed E-state index contributed by atoms with van der Waals surface area (Å²) in [7, 11) is 0. The van der Waals surface area contributed by atoms with Crippen LogP contribution < -0.4 is 16.4 Å². The van der Waals surface area contributed by atoms with Crippen LogP contribution in [0.4, 0.5) is 5.69 Å². The Morgan fingerprint density at radius 1 is 1.40 bits per heavy atom. The molecule has 0 aliphatic rings. The second-order valence-electron chi connectivity index (χ2n) is 2.83. The van der Waals surface area contributed by atoms with Crippen LogP contribution in [0.1, 0.15) is 0 Å². The number of aliphatic carboxylic acids is 1. The average molecular weight is 227 g/mol. The Morgan fingerprint density at radius 2 is 2.07 bits per heavy atom. The largest absolute Gasteiger partial charge is 0.480 e. The van der Waals surface area contributed by atoms with Gasteiger partial charge in [-0.15, -0.1) is 0 Å². The first-order valence-electron chi connectivity index (χ1n) is 4.39. The van der Waals surface area contributed by atoms with Gasteiger partial charge in [-0.1, -0.05) is 18.2 Å². The van der Waals surface area contributed by atoms with E-state index in [1.807, 2.05) is 30.3 Å². The van der Waals surface area contributed by atoms with Gasteiger partial charge >= 0.3 is 5.97 Å².